The van der Waals surface area contributed by atoms with Gasteiger partial charge in [0.25, 0.3) is 0 Å². The fourth-order valence-corrected chi connectivity index (χ4v) is 2.76. The molecule has 0 saturated heterocycles. The Kier molecular flexibility index (Phi) is 8.78. The summed E-state index contributed by atoms with van der Waals surface area (Å²) in [5.41, 5.74) is 1.28. The minimum atomic E-state index is -0.114. The Balaban J connectivity index is 0.00000242. The van der Waals surface area contributed by atoms with Crippen molar-refractivity contribution in [2.45, 2.75) is 51.3 Å². The predicted octanol–water partition coefficient (Wildman–Crippen LogP) is 3.01. The highest BCUT2D eigenvalue weighted by Gasteiger charge is 2.21. The van der Waals surface area contributed by atoms with E-state index in [1.54, 1.807) is 0 Å². The summed E-state index contributed by atoms with van der Waals surface area (Å²) in [7, 11) is 2.08. The third-order valence-corrected chi connectivity index (χ3v) is 3.96. The minimum absolute atomic E-state index is 0. The second-order valence-electron chi connectivity index (χ2n) is 5.79. The van der Waals surface area contributed by atoms with Gasteiger partial charge in [-0.1, -0.05) is 30.3 Å². The van der Waals surface area contributed by atoms with Crippen LogP contribution in [0, 0.1) is 0 Å². The highest BCUT2D eigenvalue weighted by Crippen LogP contribution is 2.18. The fourth-order valence-electron chi connectivity index (χ4n) is 2.76. The molecule has 1 aromatic rings. The van der Waals surface area contributed by atoms with Gasteiger partial charge in [0.05, 0.1) is 6.10 Å². The molecule has 4 nitrogen and oxygen atoms in total. The van der Waals surface area contributed by atoms with Gasteiger partial charge in [-0.25, -0.2) is 0 Å². The SMILES string of the molecule is CCN=C(NC1CCC(O)CC1)N(C)Cc1ccccc1.I. The van der Waals surface area contributed by atoms with Crippen LogP contribution < -0.4 is 5.32 Å². The maximum absolute atomic E-state index is 9.60. The predicted molar refractivity (Wildman–Crippen MR) is 103 cm³/mol. The zero-order valence-electron chi connectivity index (χ0n) is 13.5. The Hall–Kier alpha value is -0.820. The summed E-state index contributed by atoms with van der Waals surface area (Å²) in [5, 5.41) is 13.2. The molecule has 0 aromatic heterocycles. The average Bonchev–Trinajstić information content (AvgIpc) is 2.50. The van der Waals surface area contributed by atoms with E-state index in [4.69, 9.17) is 0 Å². The number of halogens is 1. The topological polar surface area (TPSA) is 47.9 Å². The number of hydrogen-bond donors (Lipinski definition) is 2. The minimum Gasteiger partial charge on any atom is -0.393 e. The van der Waals surface area contributed by atoms with Crippen LogP contribution in [-0.4, -0.2) is 41.7 Å². The fraction of sp³-hybridized carbons (Fsp3) is 0.588. The van der Waals surface area contributed by atoms with Crippen molar-refractivity contribution in [2.75, 3.05) is 13.6 Å². The number of aliphatic hydroxyl groups is 1. The van der Waals surface area contributed by atoms with Crippen LogP contribution in [0.4, 0.5) is 0 Å². The molecular weight excluding hydrogens is 389 g/mol. The van der Waals surface area contributed by atoms with Gasteiger partial charge in [0.1, 0.15) is 0 Å². The smallest absolute Gasteiger partial charge is 0.194 e. The quantitative estimate of drug-likeness (QED) is 0.450. The van der Waals surface area contributed by atoms with Crippen molar-refractivity contribution in [1.29, 1.82) is 0 Å². The molecule has 2 rings (SSSR count). The van der Waals surface area contributed by atoms with Crippen molar-refractivity contribution < 1.29 is 5.11 Å². The van der Waals surface area contributed by atoms with Crippen molar-refractivity contribution in [2.24, 2.45) is 4.99 Å². The monoisotopic (exact) mass is 417 g/mol. The number of nitrogens with zero attached hydrogens (tertiary/aromatic N) is 2. The summed E-state index contributed by atoms with van der Waals surface area (Å²) in [4.78, 5) is 6.77. The Labute approximate surface area is 151 Å². The maximum atomic E-state index is 9.60. The van der Waals surface area contributed by atoms with E-state index in [1.807, 2.05) is 6.07 Å². The Morgan fingerprint density at radius 1 is 1.23 bits per heavy atom. The van der Waals surface area contributed by atoms with Crippen LogP contribution >= 0.6 is 24.0 Å². The van der Waals surface area contributed by atoms with Gasteiger partial charge in [-0.3, -0.25) is 4.99 Å². The summed E-state index contributed by atoms with van der Waals surface area (Å²) in [6, 6.07) is 10.9. The lowest BCUT2D eigenvalue weighted by atomic mass is 9.93. The summed E-state index contributed by atoms with van der Waals surface area (Å²) >= 11 is 0. The van der Waals surface area contributed by atoms with E-state index in [0.717, 1.165) is 44.7 Å². The lowest BCUT2D eigenvalue weighted by Gasteiger charge is -2.31. The van der Waals surface area contributed by atoms with E-state index in [-0.39, 0.29) is 30.1 Å². The van der Waals surface area contributed by atoms with Crippen molar-refractivity contribution in [3.63, 3.8) is 0 Å². The summed E-state index contributed by atoms with van der Waals surface area (Å²) < 4.78 is 0. The molecule has 1 aliphatic rings. The highest BCUT2D eigenvalue weighted by atomic mass is 127. The third kappa shape index (κ3) is 6.12. The van der Waals surface area contributed by atoms with Crippen LogP contribution in [0.25, 0.3) is 0 Å². The van der Waals surface area contributed by atoms with Gasteiger partial charge in [0, 0.05) is 26.2 Å². The first-order valence-electron chi connectivity index (χ1n) is 7.93. The molecule has 0 atom stereocenters. The van der Waals surface area contributed by atoms with Crippen LogP contribution in [0.5, 0.6) is 0 Å². The molecule has 1 aromatic carbocycles. The van der Waals surface area contributed by atoms with Gasteiger partial charge in [-0.15, -0.1) is 24.0 Å². The molecule has 0 amide bonds. The van der Waals surface area contributed by atoms with Crippen LogP contribution in [0.15, 0.2) is 35.3 Å². The summed E-state index contributed by atoms with van der Waals surface area (Å²) in [6.45, 7) is 3.68. The first-order chi connectivity index (χ1) is 10.2. The van der Waals surface area contributed by atoms with Gasteiger partial charge in [-0.2, -0.15) is 0 Å². The second kappa shape index (κ2) is 10.0. The molecule has 1 aliphatic carbocycles. The van der Waals surface area contributed by atoms with E-state index in [9.17, 15) is 5.11 Å². The molecule has 0 unspecified atom stereocenters. The van der Waals surface area contributed by atoms with E-state index < -0.39 is 0 Å². The molecule has 1 fully saturated rings. The molecule has 0 spiro atoms. The van der Waals surface area contributed by atoms with E-state index in [0.29, 0.717) is 6.04 Å². The van der Waals surface area contributed by atoms with E-state index in [1.165, 1.54) is 5.56 Å². The normalized spacial score (nSPS) is 21.9. The average molecular weight is 417 g/mol. The molecule has 1 saturated carbocycles. The van der Waals surface area contributed by atoms with Gasteiger partial charge >= 0.3 is 0 Å². The summed E-state index contributed by atoms with van der Waals surface area (Å²) in [6.07, 6.45) is 3.70. The van der Waals surface area contributed by atoms with Crippen LogP contribution in [-0.2, 0) is 6.54 Å². The van der Waals surface area contributed by atoms with Crippen LogP contribution in [0.3, 0.4) is 0 Å². The zero-order valence-corrected chi connectivity index (χ0v) is 15.9. The van der Waals surface area contributed by atoms with Gasteiger partial charge < -0.3 is 15.3 Å². The number of aliphatic hydroxyl groups excluding tert-OH is 1. The van der Waals surface area contributed by atoms with E-state index >= 15 is 0 Å². The lowest BCUT2D eigenvalue weighted by Crippen LogP contribution is -2.45. The second-order valence-corrected chi connectivity index (χ2v) is 5.79. The number of benzene rings is 1. The standard InChI is InChI=1S/C17H27N3O.HI/c1-3-18-17(19-15-9-11-16(21)12-10-15)20(2)13-14-7-5-4-6-8-14;/h4-8,15-16,21H,3,9-13H2,1-2H3,(H,18,19);1H. The summed E-state index contributed by atoms with van der Waals surface area (Å²) in [5.74, 6) is 0.961. The van der Waals surface area contributed by atoms with Crippen LogP contribution in [0.2, 0.25) is 0 Å². The first kappa shape index (κ1) is 19.2. The van der Waals surface area contributed by atoms with Crippen molar-refractivity contribution in [3.05, 3.63) is 35.9 Å². The Morgan fingerprint density at radius 2 is 1.86 bits per heavy atom. The number of guanidine groups is 1. The van der Waals surface area contributed by atoms with Crippen molar-refractivity contribution in [3.8, 4) is 0 Å². The molecule has 22 heavy (non-hydrogen) atoms. The van der Waals surface area contributed by atoms with Gasteiger partial charge in [0.15, 0.2) is 5.96 Å². The number of nitrogens with one attached hydrogen (secondary N) is 1. The van der Waals surface area contributed by atoms with E-state index in [2.05, 4.69) is 53.4 Å². The lowest BCUT2D eigenvalue weighted by molar-refractivity contribution is 0.119. The highest BCUT2D eigenvalue weighted by molar-refractivity contribution is 14.0. The number of hydrogen-bond acceptors (Lipinski definition) is 2. The largest absolute Gasteiger partial charge is 0.393 e. The molecular formula is C17H28IN3O. The zero-order chi connectivity index (χ0) is 15.1. The molecule has 124 valence electrons. The number of aliphatic imine (C=N–C) groups is 1. The molecule has 0 bridgehead atoms. The number of rotatable bonds is 4. The van der Waals surface area contributed by atoms with Crippen molar-refractivity contribution >= 4 is 29.9 Å². The molecule has 0 radical (unpaired) electrons. The maximum Gasteiger partial charge on any atom is 0.194 e. The van der Waals surface area contributed by atoms with Crippen LogP contribution in [0.1, 0.15) is 38.2 Å². The van der Waals surface area contributed by atoms with Gasteiger partial charge in [0.2, 0.25) is 0 Å². The Bertz CT molecular complexity index is 444. The molecule has 0 heterocycles. The third-order valence-electron chi connectivity index (χ3n) is 3.96. The first-order valence-corrected chi connectivity index (χ1v) is 7.93. The molecule has 2 N–H and O–H groups in total. The van der Waals surface area contributed by atoms with Crippen molar-refractivity contribution in [1.82, 2.24) is 10.2 Å². The van der Waals surface area contributed by atoms with Gasteiger partial charge in [-0.05, 0) is 38.2 Å². The molecule has 0 aliphatic heterocycles. The molecule has 5 heteroatoms. The Morgan fingerprint density at radius 3 is 2.45 bits per heavy atom.